The van der Waals surface area contributed by atoms with Crippen LogP contribution in [0.5, 0.6) is 0 Å². The van der Waals surface area contributed by atoms with Crippen LogP contribution in [-0.2, 0) is 14.3 Å². The molecule has 3 rings (SSSR count). The molecule has 0 N–H and O–H groups in total. The zero-order valence-corrected chi connectivity index (χ0v) is 18.4. The standard InChI is InChI=1S/C23H23Cl2NO4/c1-14-3-8-19(11-15(14)2)26-13-17(12-21(26)27)23(29)30-20(9-10-24)22(28)16-4-6-18(25)7-5-16/h3-8,11,17,20H,9-10,12-13H2,1-2H3/t17-,20+/m1/s1. The Labute approximate surface area is 185 Å². The number of ether oxygens (including phenoxy) is 1. The van der Waals surface area contributed by atoms with Crippen LogP contribution in [0, 0.1) is 19.8 Å². The van der Waals surface area contributed by atoms with E-state index >= 15 is 0 Å². The fourth-order valence-electron chi connectivity index (χ4n) is 3.39. The van der Waals surface area contributed by atoms with Gasteiger partial charge in [-0.3, -0.25) is 14.4 Å². The highest BCUT2D eigenvalue weighted by molar-refractivity contribution is 6.30. The predicted octanol–water partition coefficient (Wildman–Crippen LogP) is 4.73. The summed E-state index contributed by atoms with van der Waals surface area (Å²) in [6.45, 7) is 4.20. The number of aryl methyl sites for hydroxylation is 2. The number of carbonyl (C=O) groups excluding carboxylic acids is 3. The third kappa shape index (κ3) is 5.02. The molecule has 5 nitrogen and oxygen atoms in total. The van der Waals surface area contributed by atoms with Crippen molar-refractivity contribution in [3.05, 3.63) is 64.2 Å². The van der Waals surface area contributed by atoms with Gasteiger partial charge in [-0.1, -0.05) is 17.7 Å². The highest BCUT2D eigenvalue weighted by atomic mass is 35.5. The molecule has 7 heteroatoms. The minimum absolute atomic E-state index is 0.0501. The summed E-state index contributed by atoms with van der Waals surface area (Å²) in [7, 11) is 0. The molecule has 1 amide bonds. The molecule has 30 heavy (non-hydrogen) atoms. The monoisotopic (exact) mass is 447 g/mol. The van der Waals surface area contributed by atoms with Crippen LogP contribution >= 0.6 is 23.2 Å². The topological polar surface area (TPSA) is 63.7 Å². The number of nitrogens with zero attached hydrogens (tertiary/aromatic N) is 1. The highest BCUT2D eigenvalue weighted by Gasteiger charge is 2.38. The Morgan fingerprint density at radius 3 is 2.47 bits per heavy atom. The van der Waals surface area contributed by atoms with Gasteiger partial charge in [0.1, 0.15) is 0 Å². The van der Waals surface area contributed by atoms with Crippen molar-refractivity contribution < 1.29 is 19.1 Å². The maximum Gasteiger partial charge on any atom is 0.312 e. The van der Waals surface area contributed by atoms with E-state index in [4.69, 9.17) is 27.9 Å². The Morgan fingerprint density at radius 1 is 1.13 bits per heavy atom. The van der Waals surface area contributed by atoms with Gasteiger partial charge < -0.3 is 9.64 Å². The average molecular weight is 448 g/mol. The largest absolute Gasteiger partial charge is 0.454 e. The molecular formula is C23H23Cl2NO4. The first-order valence-corrected chi connectivity index (χ1v) is 10.6. The number of amides is 1. The first-order valence-electron chi connectivity index (χ1n) is 9.74. The summed E-state index contributed by atoms with van der Waals surface area (Å²) in [5.74, 6) is -1.51. The third-order valence-corrected chi connectivity index (χ3v) is 5.78. The van der Waals surface area contributed by atoms with E-state index in [1.807, 2.05) is 32.0 Å². The predicted molar refractivity (Wildman–Crippen MR) is 117 cm³/mol. The van der Waals surface area contributed by atoms with Crippen LogP contribution in [0.15, 0.2) is 42.5 Å². The lowest BCUT2D eigenvalue weighted by atomic mass is 10.0. The fourth-order valence-corrected chi connectivity index (χ4v) is 3.71. The van der Waals surface area contributed by atoms with Crippen LogP contribution in [0.2, 0.25) is 5.02 Å². The van der Waals surface area contributed by atoms with E-state index in [9.17, 15) is 14.4 Å². The van der Waals surface area contributed by atoms with Crippen LogP contribution in [-0.4, -0.2) is 36.2 Å². The number of anilines is 1. The second kappa shape index (κ2) is 9.63. The van der Waals surface area contributed by atoms with Gasteiger partial charge in [0.2, 0.25) is 11.7 Å². The van der Waals surface area contributed by atoms with E-state index in [0.29, 0.717) is 10.6 Å². The van der Waals surface area contributed by atoms with E-state index in [1.165, 1.54) is 0 Å². The summed E-state index contributed by atoms with van der Waals surface area (Å²) in [6.07, 6.45) is -0.757. The maximum atomic E-state index is 12.8. The quantitative estimate of drug-likeness (QED) is 0.349. The van der Waals surface area contributed by atoms with Gasteiger partial charge in [-0.05, 0) is 61.4 Å². The van der Waals surface area contributed by atoms with Crippen molar-refractivity contribution in [1.29, 1.82) is 0 Å². The molecular weight excluding hydrogens is 425 g/mol. The van der Waals surface area contributed by atoms with Crippen LogP contribution in [0.25, 0.3) is 0 Å². The van der Waals surface area contributed by atoms with Crippen LogP contribution in [0.4, 0.5) is 5.69 Å². The first kappa shape index (κ1) is 22.3. The summed E-state index contributed by atoms with van der Waals surface area (Å²) < 4.78 is 5.51. The normalized spacial score (nSPS) is 17.1. The molecule has 0 aromatic heterocycles. The molecule has 1 aliphatic heterocycles. The van der Waals surface area contributed by atoms with Gasteiger partial charge in [0.05, 0.1) is 5.92 Å². The smallest absolute Gasteiger partial charge is 0.312 e. The molecule has 1 heterocycles. The first-order chi connectivity index (χ1) is 14.3. The van der Waals surface area contributed by atoms with Crippen molar-refractivity contribution in [1.82, 2.24) is 0 Å². The van der Waals surface area contributed by atoms with Gasteiger partial charge >= 0.3 is 5.97 Å². The van der Waals surface area contributed by atoms with Crippen LogP contribution < -0.4 is 4.90 Å². The van der Waals surface area contributed by atoms with Crippen LogP contribution in [0.1, 0.15) is 34.3 Å². The van der Waals surface area contributed by atoms with Gasteiger partial charge in [0.25, 0.3) is 0 Å². The van der Waals surface area contributed by atoms with Gasteiger partial charge in [-0.15, -0.1) is 11.6 Å². The van der Waals surface area contributed by atoms with E-state index in [0.717, 1.165) is 16.8 Å². The zero-order chi connectivity index (χ0) is 21.8. The number of carbonyl (C=O) groups is 3. The summed E-state index contributed by atoms with van der Waals surface area (Å²) in [6, 6.07) is 12.1. The van der Waals surface area contributed by atoms with Crippen molar-refractivity contribution >= 4 is 46.5 Å². The Hall–Kier alpha value is -2.37. The molecule has 0 aliphatic carbocycles. The molecule has 158 valence electrons. The van der Waals surface area contributed by atoms with Crippen molar-refractivity contribution in [3.8, 4) is 0 Å². The Balaban J connectivity index is 1.70. The van der Waals surface area contributed by atoms with Crippen molar-refractivity contribution in [2.75, 3.05) is 17.3 Å². The van der Waals surface area contributed by atoms with Gasteiger partial charge in [0, 0.05) is 41.5 Å². The van der Waals surface area contributed by atoms with Crippen LogP contribution in [0.3, 0.4) is 0 Å². The number of hydrogen-bond donors (Lipinski definition) is 0. The van der Waals surface area contributed by atoms with Gasteiger partial charge in [0.15, 0.2) is 6.10 Å². The lowest BCUT2D eigenvalue weighted by molar-refractivity contribution is -0.151. The minimum Gasteiger partial charge on any atom is -0.454 e. The van der Waals surface area contributed by atoms with Crippen molar-refractivity contribution in [2.24, 2.45) is 5.92 Å². The second-order valence-electron chi connectivity index (χ2n) is 7.45. The Bertz CT molecular complexity index is 958. The minimum atomic E-state index is -0.998. The number of esters is 1. The maximum absolute atomic E-state index is 12.8. The lowest BCUT2D eigenvalue weighted by Gasteiger charge is -2.20. The molecule has 0 unspecified atom stereocenters. The highest BCUT2D eigenvalue weighted by Crippen LogP contribution is 2.28. The zero-order valence-electron chi connectivity index (χ0n) is 16.9. The molecule has 2 aromatic rings. The summed E-state index contributed by atoms with van der Waals surface area (Å²) >= 11 is 11.7. The molecule has 2 atom stereocenters. The molecule has 0 spiro atoms. The van der Waals surface area contributed by atoms with E-state index in [1.54, 1.807) is 29.2 Å². The molecule has 2 aromatic carbocycles. The number of ketones is 1. The fraction of sp³-hybridized carbons (Fsp3) is 0.348. The number of rotatable bonds is 7. The molecule has 1 aliphatic rings. The van der Waals surface area contributed by atoms with E-state index in [2.05, 4.69) is 0 Å². The van der Waals surface area contributed by atoms with E-state index < -0.39 is 18.0 Å². The lowest BCUT2D eigenvalue weighted by Crippen LogP contribution is -2.32. The summed E-state index contributed by atoms with van der Waals surface area (Å²) in [4.78, 5) is 39.6. The Morgan fingerprint density at radius 2 is 1.83 bits per heavy atom. The number of alkyl halides is 1. The van der Waals surface area contributed by atoms with Gasteiger partial charge in [-0.25, -0.2) is 0 Å². The number of halogens is 2. The number of Topliss-reactive ketones (excluding diaryl/α,β-unsaturated/α-hetero) is 1. The van der Waals surface area contributed by atoms with Crippen molar-refractivity contribution in [2.45, 2.75) is 32.8 Å². The molecule has 1 fully saturated rings. The summed E-state index contributed by atoms with van der Waals surface area (Å²) in [5, 5.41) is 0.508. The molecule has 1 saturated heterocycles. The van der Waals surface area contributed by atoms with Crippen molar-refractivity contribution in [3.63, 3.8) is 0 Å². The SMILES string of the molecule is Cc1ccc(N2C[C@H](C(=O)O[C@@H](CCCl)C(=O)c3ccc(Cl)cc3)CC2=O)cc1C. The number of hydrogen-bond acceptors (Lipinski definition) is 4. The molecule has 0 radical (unpaired) electrons. The van der Waals surface area contributed by atoms with E-state index in [-0.39, 0.29) is 37.0 Å². The molecule has 0 bridgehead atoms. The Kier molecular flexibility index (Phi) is 7.16. The second-order valence-corrected chi connectivity index (χ2v) is 8.26. The van der Waals surface area contributed by atoms with Gasteiger partial charge in [-0.2, -0.15) is 0 Å². The average Bonchev–Trinajstić information content (AvgIpc) is 3.11. The third-order valence-electron chi connectivity index (χ3n) is 5.31. The molecule has 0 saturated carbocycles. The number of benzene rings is 2. The summed E-state index contributed by atoms with van der Waals surface area (Å²) in [5.41, 5.74) is 3.35.